The topological polar surface area (TPSA) is 41.1 Å². The van der Waals surface area contributed by atoms with Crippen LogP contribution < -0.4 is 10.6 Å². The Morgan fingerprint density at radius 1 is 1.22 bits per heavy atom. The Bertz CT molecular complexity index is 407. The average molecular weight is 313 g/mol. The van der Waals surface area contributed by atoms with Gasteiger partial charge < -0.3 is 5.32 Å². The predicted octanol–water partition coefficient (Wildman–Crippen LogP) is 3.01. The van der Waals surface area contributed by atoms with Crippen molar-refractivity contribution < 1.29 is 4.79 Å². The first-order valence-electron chi connectivity index (χ1n) is 6.22. The Hall–Kier alpha value is -0.870. The van der Waals surface area contributed by atoms with Crippen molar-refractivity contribution in [3.05, 3.63) is 34.3 Å². The van der Waals surface area contributed by atoms with Crippen molar-refractivity contribution in [1.29, 1.82) is 0 Å². The second-order valence-corrected chi connectivity index (χ2v) is 5.74. The molecule has 2 unspecified atom stereocenters. The number of hydrogen-bond donors (Lipinski definition) is 2. The molecule has 0 aliphatic carbocycles. The van der Waals surface area contributed by atoms with Crippen LogP contribution in [0.4, 0.5) is 0 Å². The zero-order chi connectivity index (χ0) is 13.7. The fraction of sp³-hybridized carbons (Fsp3) is 0.500. The lowest BCUT2D eigenvalue weighted by Gasteiger charge is -2.21. The van der Waals surface area contributed by atoms with Crippen LogP contribution in [0, 0.1) is 0 Å². The van der Waals surface area contributed by atoms with Gasteiger partial charge in [-0.05, 0) is 45.4 Å². The van der Waals surface area contributed by atoms with Gasteiger partial charge in [-0.3, -0.25) is 10.1 Å². The fourth-order valence-corrected chi connectivity index (χ4v) is 2.15. The number of carbonyl (C=O) groups is 1. The molecule has 1 aromatic carbocycles. The highest BCUT2D eigenvalue weighted by Crippen LogP contribution is 2.18. The Morgan fingerprint density at radius 2 is 1.89 bits per heavy atom. The van der Waals surface area contributed by atoms with Crippen LogP contribution in [0.5, 0.6) is 0 Å². The minimum Gasteiger partial charge on any atom is -0.353 e. The number of rotatable bonds is 5. The van der Waals surface area contributed by atoms with Gasteiger partial charge in [-0.2, -0.15) is 0 Å². The number of hydrogen-bond acceptors (Lipinski definition) is 2. The van der Waals surface area contributed by atoms with Crippen LogP contribution in [0.2, 0.25) is 0 Å². The first kappa shape index (κ1) is 15.2. The number of nitrogens with one attached hydrogen (secondary N) is 2. The highest BCUT2D eigenvalue weighted by molar-refractivity contribution is 9.10. The van der Waals surface area contributed by atoms with Crippen LogP contribution in [0.3, 0.4) is 0 Å². The van der Waals surface area contributed by atoms with E-state index in [2.05, 4.69) is 45.6 Å². The summed E-state index contributed by atoms with van der Waals surface area (Å²) < 4.78 is 1.05. The van der Waals surface area contributed by atoms with Crippen molar-refractivity contribution in [2.24, 2.45) is 0 Å². The molecule has 0 aliphatic rings. The zero-order valence-electron chi connectivity index (χ0n) is 11.3. The van der Waals surface area contributed by atoms with Crippen LogP contribution in [-0.2, 0) is 4.79 Å². The highest BCUT2D eigenvalue weighted by atomic mass is 79.9. The summed E-state index contributed by atoms with van der Waals surface area (Å²) in [4.78, 5) is 11.8. The van der Waals surface area contributed by atoms with Gasteiger partial charge in [0.25, 0.3) is 0 Å². The maximum Gasteiger partial charge on any atom is 0.237 e. The molecule has 2 N–H and O–H groups in total. The highest BCUT2D eigenvalue weighted by Gasteiger charge is 2.16. The number of halogens is 1. The third-order valence-electron chi connectivity index (χ3n) is 2.67. The van der Waals surface area contributed by atoms with E-state index in [-0.39, 0.29) is 24.0 Å². The van der Waals surface area contributed by atoms with Crippen molar-refractivity contribution in [3.63, 3.8) is 0 Å². The van der Waals surface area contributed by atoms with Crippen molar-refractivity contribution in [1.82, 2.24) is 10.6 Å². The van der Waals surface area contributed by atoms with Gasteiger partial charge in [0.2, 0.25) is 5.91 Å². The van der Waals surface area contributed by atoms with E-state index >= 15 is 0 Å². The molecule has 1 aromatic rings. The Morgan fingerprint density at radius 3 is 2.44 bits per heavy atom. The van der Waals surface area contributed by atoms with E-state index in [1.54, 1.807) is 0 Å². The van der Waals surface area contributed by atoms with Crippen molar-refractivity contribution in [3.8, 4) is 0 Å². The summed E-state index contributed by atoms with van der Waals surface area (Å²) in [6, 6.07) is 8.20. The summed E-state index contributed by atoms with van der Waals surface area (Å²) in [6.45, 7) is 7.86. The van der Waals surface area contributed by atoms with Crippen molar-refractivity contribution >= 4 is 21.8 Å². The summed E-state index contributed by atoms with van der Waals surface area (Å²) in [6.07, 6.45) is 0. The molecule has 0 heterocycles. The third-order valence-corrected chi connectivity index (χ3v) is 3.17. The lowest BCUT2D eigenvalue weighted by atomic mass is 10.1. The summed E-state index contributed by atoms with van der Waals surface area (Å²) in [5.41, 5.74) is 1.16. The molecule has 0 bridgehead atoms. The standard InChI is InChI=1S/C14H21BrN2O/c1-9(2)16-14(18)11(4)17-10(3)12-6-5-7-13(15)8-12/h5-11,17H,1-4H3,(H,16,18). The third kappa shape index (κ3) is 4.78. The zero-order valence-corrected chi connectivity index (χ0v) is 12.9. The van der Waals surface area contributed by atoms with Gasteiger partial charge in [-0.25, -0.2) is 0 Å². The number of amides is 1. The smallest absolute Gasteiger partial charge is 0.237 e. The Kier molecular flexibility index (Phi) is 5.82. The van der Waals surface area contributed by atoms with Gasteiger partial charge in [-0.1, -0.05) is 28.1 Å². The Labute approximate surface area is 117 Å². The Balaban J connectivity index is 2.59. The molecule has 4 heteroatoms. The van der Waals surface area contributed by atoms with E-state index in [0.29, 0.717) is 0 Å². The van der Waals surface area contributed by atoms with Gasteiger partial charge in [-0.15, -0.1) is 0 Å². The lowest BCUT2D eigenvalue weighted by Crippen LogP contribution is -2.45. The quantitative estimate of drug-likeness (QED) is 0.877. The van der Waals surface area contributed by atoms with E-state index in [4.69, 9.17) is 0 Å². The number of carbonyl (C=O) groups excluding carboxylic acids is 1. The van der Waals surface area contributed by atoms with Crippen LogP contribution in [0.15, 0.2) is 28.7 Å². The van der Waals surface area contributed by atoms with Gasteiger partial charge in [0.1, 0.15) is 0 Å². The molecule has 2 atom stereocenters. The van der Waals surface area contributed by atoms with Gasteiger partial charge in [0.15, 0.2) is 0 Å². The normalized spacial score (nSPS) is 14.3. The summed E-state index contributed by atoms with van der Waals surface area (Å²) in [7, 11) is 0. The maximum absolute atomic E-state index is 11.8. The average Bonchev–Trinajstić information content (AvgIpc) is 2.27. The monoisotopic (exact) mass is 312 g/mol. The SMILES string of the molecule is CC(C)NC(=O)C(C)NC(C)c1cccc(Br)c1. The predicted molar refractivity (Wildman–Crippen MR) is 78.4 cm³/mol. The van der Waals surface area contributed by atoms with Crippen molar-refractivity contribution in [2.75, 3.05) is 0 Å². The molecule has 0 fully saturated rings. The molecule has 0 spiro atoms. The van der Waals surface area contributed by atoms with Gasteiger partial charge >= 0.3 is 0 Å². The van der Waals surface area contributed by atoms with Crippen LogP contribution in [0.25, 0.3) is 0 Å². The molecular weight excluding hydrogens is 292 g/mol. The van der Waals surface area contributed by atoms with Crippen LogP contribution >= 0.6 is 15.9 Å². The molecule has 0 saturated heterocycles. The minimum atomic E-state index is -0.207. The lowest BCUT2D eigenvalue weighted by molar-refractivity contribution is -0.123. The minimum absolute atomic E-state index is 0.0341. The molecule has 0 aliphatic heterocycles. The van der Waals surface area contributed by atoms with E-state index < -0.39 is 0 Å². The van der Waals surface area contributed by atoms with Crippen LogP contribution in [-0.4, -0.2) is 18.0 Å². The molecule has 100 valence electrons. The molecule has 3 nitrogen and oxygen atoms in total. The largest absolute Gasteiger partial charge is 0.353 e. The molecular formula is C14H21BrN2O. The molecule has 18 heavy (non-hydrogen) atoms. The molecule has 0 aromatic heterocycles. The fourth-order valence-electron chi connectivity index (χ4n) is 1.73. The first-order valence-corrected chi connectivity index (χ1v) is 7.01. The molecule has 0 radical (unpaired) electrons. The summed E-state index contributed by atoms with van der Waals surface area (Å²) in [5.74, 6) is 0.0341. The molecule has 1 rings (SSSR count). The maximum atomic E-state index is 11.8. The second kappa shape index (κ2) is 6.90. The van der Waals surface area contributed by atoms with E-state index in [9.17, 15) is 4.79 Å². The molecule has 1 amide bonds. The van der Waals surface area contributed by atoms with E-state index in [1.807, 2.05) is 32.9 Å². The summed E-state index contributed by atoms with van der Waals surface area (Å²) >= 11 is 3.45. The first-order chi connectivity index (χ1) is 8.40. The number of benzene rings is 1. The van der Waals surface area contributed by atoms with Gasteiger partial charge in [0.05, 0.1) is 6.04 Å². The van der Waals surface area contributed by atoms with Crippen LogP contribution in [0.1, 0.15) is 39.3 Å². The summed E-state index contributed by atoms with van der Waals surface area (Å²) in [5, 5.41) is 6.20. The van der Waals surface area contributed by atoms with E-state index in [1.165, 1.54) is 0 Å². The van der Waals surface area contributed by atoms with Crippen molar-refractivity contribution in [2.45, 2.75) is 45.8 Å². The van der Waals surface area contributed by atoms with Gasteiger partial charge in [0, 0.05) is 16.6 Å². The second-order valence-electron chi connectivity index (χ2n) is 4.83. The van der Waals surface area contributed by atoms with E-state index in [0.717, 1.165) is 10.0 Å². The molecule has 0 saturated carbocycles.